The van der Waals surface area contributed by atoms with E-state index in [1.165, 1.54) is 18.5 Å². The number of carbonyl (C=O) groups excluding carboxylic acids is 2. The summed E-state index contributed by atoms with van der Waals surface area (Å²) in [6.07, 6.45) is 4.18. The van der Waals surface area contributed by atoms with Gasteiger partial charge in [-0.3, -0.25) is 9.59 Å². The molecule has 1 aliphatic rings. The zero-order chi connectivity index (χ0) is 23.4. The van der Waals surface area contributed by atoms with E-state index in [2.05, 4.69) is 20.6 Å². The molecule has 2 amide bonds. The summed E-state index contributed by atoms with van der Waals surface area (Å²) in [4.78, 5) is 36.0. The van der Waals surface area contributed by atoms with Gasteiger partial charge in [-0.2, -0.15) is 0 Å². The van der Waals surface area contributed by atoms with Crippen LogP contribution in [0.2, 0.25) is 10.0 Å². The van der Waals surface area contributed by atoms with Crippen LogP contribution in [-0.4, -0.2) is 46.1 Å². The van der Waals surface area contributed by atoms with Crippen LogP contribution in [0.15, 0.2) is 54.9 Å². The Hall–Kier alpha value is -3.20. The first kappa shape index (κ1) is 23.0. The molecule has 1 saturated heterocycles. The van der Waals surface area contributed by atoms with Gasteiger partial charge in [0.1, 0.15) is 11.6 Å². The molecule has 2 aromatic heterocycles. The van der Waals surface area contributed by atoms with Gasteiger partial charge in [0.25, 0.3) is 11.8 Å². The molecule has 3 heterocycles. The van der Waals surface area contributed by atoms with Gasteiger partial charge in [-0.1, -0.05) is 23.2 Å². The van der Waals surface area contributed by atoms with E-state index >= 15 is 0 Å². The van der Waals surface area contributed by atoms with E-state index in [4.69, 9.17) is 23.2 Å². The highest BCUT2D eigenvalue weighted by Gasteiger charge is 2.20. The van der Waals surface area contributed by atoms with Crippen molar-refractivity contribution in [3.8, 4) is 0 Å². The van der Waals surface area contributed by atoms with E-state index in [1.807, 2.05) is 4.90 Å². The van der Waals surface area contributed by atoms with Crippen molar-refractivity contribution in [1.82, 2.24) is 9.97 Å². The van der Waals surface area contributed by atoms with Gasteiger partial charge in [-0.15, -0.1) is 0 Å². The number of aromatic nitrogens is 2. The third-order valence-corrected chi connectivity index (χ3v) is 5.63. The quantitative estimate of drug-likeness (QED) is 0.498. The summed E-state index contributed by atoms with van der Waals surface area (Å²) in [6, 6.07) is 11.2. The number of nitrogens with one attached hydrogen (secondary N) is 2. The zero-order valence-electron chi connectivity index (χ0n) is 17.5. The summed E-state index contributed by atoms with van der Waals surface area (Å²) in [6.45, 7) is 1.32. The van der Waals surface area contributed by atoms with Crippen LogP contribution in [0, 0.1) is 0 Å². The van der Waals surface area contributed by atoms with Gasteiger partial charge >= 0.3 is 0 Å². The summed E-state index contributed by atoms with van der Waals surface area (Å²) in [5, 5.41) is 16.0. The Balaban J connectivity index is 1.48. The molecular weight excluding hydrogens is 465 g/mol. The van der Waals surface area contributed by atoms with Crippen molar-refractivity contribution in [2.24, 2.45) is 0 Å². The predicted molar refractivity (Wildman–Crippen MR) is 128 cm³/mol. The topological polar surface area (TPSA) is 107 Å². The number of rotatable bonds is 5. The molecule has 0 spiro atoms. The molecule has 1 fully saturated rings. The lowest BCUT2D eigenvalue weighted by Crippen LogP contribution is -2.38. The Bertz CT molecular complexity index is 1160. The first-order valence-electron chi connectivity index (χ1n) is 10.3. The Morgan fingerprint density at radius 1 is 0.970 bits per heavy atom. The Labute approximate surface area is 200 Å². The van der Waals surface area contributed by atoms with Crippen LogP contribution in [0.1, 0.15) is 33.6 Å². The predicted octanol–water partition coefficient (Wildman–Crippen LogP) is 4.25. The second-order valence-corrected chi connectivity index (χ2v) is 8.48. The summed E-state index contributed by atoms with van der Waals surface area (Å²) in [5.74, 6) is 0.102. The molecular formula is C23H21Cl2N5O3. The molecule has 0 saturated carbocycles. The van der Waals surface area contributed by atoms with Gasteiger partial charge in [0, 0.05) is 30.5 Å². The molecule has 1 unspecified atom stereocenters. The molecule has 8 nitrogen and oxygen atoms in total. The molecule has 1 aromatic carbocycles. The van der Waals surface area contributed by atoms with Crippen molar-refractivity contribution in [3.05, 3.63) is 76.0 Å². The third-order valence-electron chi connectivity index (χ3n) is 5.17. The van der Waals surface area contributed by atoms with E-state index in [9.17, 15) is 14.7 Å². The zero-order valence-corrected chi connectivity index (χ0v) is 19.0. The standard InChI is InChI=1S/C23H21Cl2N5O3/c24-15-4-6-19(18(10-15)23(33)29-20-7-5-16(25)12-26-20)28-22(32)14-3-8-21(27-11-14)30-9-1-2-17(31)13-30/h3-8,10-12,17,31H,1-2,9,13H2,(H,28,32)(H,26,29,33). The molecule has 10 heteroatoms. The Morgan fingerprint density at radius 3 is 2.48 bits per heavy atom. The minimum atomic E-state index is -0.486. The monoisotopic (exact) mass is 485 g/mol. The number of hydrogen-bond acceptors (Lipinski definition) is 6. The molecule has 3 aromatic rings. The largest absolute Gasteiger partial charge is 0.391 e. The fourth-order valence-corrected chi connectivity index (χ4v) is 3.80. The molecule has 3 N–H and O–H groups in total. The molecule has 0 aliphatic carbocycles. The number of β-amino-alcohol motifs (C(OH)–C–C–N with tert-alkyl or cyclic N) is 1. The first-order chi connectivity index (χ1) is 15.9. The maximum atomic E-state index is 12.8. The summed E-state index contributed by atoms with van der Waals surface area (Å²) in [5.41, 5.74) is 0.801. The SMILES string of the molecule is O=C(Nc1ccc(Cl)cc1C(=O)Nc1ccc(Cl)cn1)c1ccc(N2CCCC(O)C2)nc1. The van der Waals surface area contributed by atoms with Crippen molar-refractivity contribution in [2.75, 3.05) is 28.6 Å². The van der Waals surface area contributed by atoms with Crippen molar-refractivity contribution in [3.63, 3.8) is 0 Å². The average Bonchev–Trinajstić information content (AvgIpc) is 2.81. The molecule has 1 aliphatic heterocycles. The van der Waals surface area contributed by atoms with Gasteiger partial charge in [-0.05, 0) is 55.3 Å². The van der Waals surface area contributed by atoms with E-state index in [-0.39, 0.29) is 11.7 Å². The van der Waals surface area contributed by atoms with Gasteiger partial charge in [0.15, 0.2) is 0 Å². The molecule has 4 rings (SSSR count). The maximum absolute atomic E-state index is 12.8. The number of halogens is 2. The van der Waals surface area contributed by atoms with Gasteiger partial charge in [0.05, 0.1) is 27.9 Å². The van der Waals surface area contributed by atoms with Gasteiger partial charge in [-0.25, -0.2) is 9.97 Å². The highest BCUT2D eigenvalue weighted by Crippen LogP contribution is 2.24. The second-order valence-electron chi connectivity index (χ2n) is 7.61. The van der Waals surface area contributed by atoms with E-state index in [0.29, 0.717) is 39.5 Å². The number of aliphatic hydroxyl groups excluding tert-OH is 1. The van der Waals surface area contributed by atoms with Crippen LogP contribution in [-0.2, 0) is 0 Å². The lowest BCUT2D eigenvalue weighted by molar-refractivity contribution is 0.102. The molecule has 0 radical (unpaired) electrons. The molecule has 0 bridgehead atoms. The second kappa shape index (κ2) is 10.2. The minimum Gasteiger partial charge on any atom is -0.391 e. The first-order valence-corrected chi connectivity index (χ1v) is 11.1. The number of hydrogen-bond donors (Lipinski definition) is 3. The summed E-state index contributed by atoms with van der Waals surface area (Å²) >= 11 is 11.9. The number of pyridine rings is 2. The lowest BCUT2D eigenvalue weighted by atomic mass is 10.1. The number of benzene rings is 1. The normalized spacial score (nSPS) is 15.7. The van der Waals surface area contributed by atoms with E-state index < -0.39 is 11.8 Å². The Kier molecular flexibility index (Phi) is 7.08. The van der Waals surface area contributed by atoms with Crippen LogP contribution in [0.5, 0.6) is 0 Å². The molecule has 33 heavy (non-hydrogen) atoms. The lowest BCUT2D eigenvalue weighted by Gasteiger charge is -2.31. The fraction of sp³-hybridized carbons (Fsp3) is 0.217. The Morgan fingerprint density at radius 2 is 1.79 bits per heavy atom. The van der Waals surface area contributed by atoms with Gasteiger partial charge < -0.3 is 20.6 Å². The molecule has 170 valence electrons. The number of carbonyl (C=O) groups is 2. The third kappa shape index (κ3) is 5.78. The van der Waals surface area contributed by atoms with Crippen molar-refractivity contribution in [1.29, 1.82) is 0 Å². The average molecular weight is 486 g/mol. The summed E-state index contributed by atoms with van der Waals surface area (Å²) < 4.78 is 0. The van der Waals surface area contributed by atoms with E-state index in [1.54, 1.807) is 36.4 Å². The maximum Gasteiger partial charge on any atom is 0.258 e. The number of anilines is 3. The van der Waals surface area contributed by atoms with Crippen LogP contribution >= 0.6 is 23.2 Å². The van der Waals surface area contributed by atoms with Crippen LogP contribution in [0.4, 0.5) is 17.3 Å². The highest BCUT2D eigenvalue weighted by molar-refractivity contribution is 6.31. The van der Waals surface area contributed by atoms with Crippen LogP contribution in [0.25, 0.3) is 0 Å². The van der Waals surface area contributed by atoms with Crippen molar-refractivity contribution in [2.45, 2.75) is 18.9 Å². The van der Waals surface area contributed by atoms with Crippen molar-refractivity contribution >= 4 is 52.3 Å². The fourth-order valence-electron chi connectivity index (χ4n) is 3.51. The number of amides is 2. The van der Waals surface area contributed by atoms with Gasteiger partial charge in [0.2, 0.25) is 0 Å². The molecule has 1 atom stereocenters. The number of piperidine rings is 1. The van der Waals surface area contributed by atoms with Crippen LogP contribution < -0.4 is 15.5 Å². The van der Waals surface area contributed by atoms with E-state index in [0.717, 1.165) is 19.4 Å². The minimum absolute atomic E-state index is 0.180. The summed E-state index contributed by atoms with van der Waals surface area (Å²) in [7, 11) is 0. The van der Waals surface area contributed by atoms with Crippen molar-refractivity contribution < 1.29 is 14.7 Å². The number of nitrogens with zero attached hydrogens (tertiary/aromatic N) is 3. The highest BCUT2D eigenvalue weighted by atomic mass is 35.5. The number of aliphatic hydroxyl groups is 1. The smallest absolute Gasteiger partial charge is 0.258 e. The van der Waals surface area contributed by atoms with Crippen LogP contribution in [0.3, 0.4) is 0 Å².